The van der Waals surface area contributed by atoms with E-state index in [9.17, 15) is 0 Å². The summed E-state index contributed by atoms with van der Waals surface area (Å²) in [5.41, 5.74) is 1.22. The lowest BCUT2D eigenvalue weighted by Gasteiger charge is -2.31. The van der Waals surface area contributed by atoms with Gasteiger partial charge in [0.05, 0.1) is 4.99 Å². The molecular formula is C13H19NS. The highest BCUT2D eigenvalue weighted by molar-refractivity contribution is 7.80. The van der Waals surface area contributed by atoms with Gasteiger partial charge in [-0.05, 0) is 19.1 Å². The van der Waals surface area contributed by atoms with E-state index in [0.29, 0.717) is 0 Å². The summed E-state index contributed by atoms with van der Waals surface area (Å²) in [7, 11) is 0. The first-order valence-corrected chi connectivity index (χ1v) is 5.74. The summed E-state index contributed by atoms with van der Waals surface area (Å²) in [6.07, 6.45) is 0. The average Bonchev–Trinajstić information content (AvgIpc) is 2.19. The van der Waals surface area contributed by atoms with Gasteiger partial charge in [0.2, 0.25) is 0 Å². The first-order chi connectivity index (χ1) is 6.96. The van der Waals surface area contributed by atoms with Crippen molar-refractivity contribution in [3.05, 3.63) is 30.3 Å². The third-order valence-electron chi connectivity index (χ3n) is 2.27. The smallest absolute Gasteiger partial charge is 0.0877 e. The molecule has 0 bridgehead atoms. The van der Waals surface area contributed by atoms with Crippen LogP contribution in [0.25, 0.3) is 0 Å². The lowest BCUT2D eigenvalue weighted by atomic mass is 9.95. The van der Waals surface area contributed by atoms with Gasteiger partial charge in [0.25, 0.3) is 0 Å². The van der Waals surface area contributed by atoms with Crippen molar-refractivity contribution in [3.63, 3.8) is 0 Å². The summed E-state index contributed by atoms with van der Waals surface area (Å²) < 4.78 is 0. The number of hydrogen-bond acceptors (Lipinski definition) is 1. The number of anilines is 1. The molecule has 0 spiro atoms. The fraction of sp³-hybridized carbons (Fsp3) is 0.462. The topological polar surface area (TPSA) is 3.24 Å². The molecule has 0 radical (unpaired) electrons. The fourth-order valence-electron chi connectivity index (χ4n) is 1.46. The third kappa shape index (κ3) is 3.03. The maximum atomic E-state index is 5.52. The van der Waals surface area contributed by atoms with E-state index in [1.165, 1.54) is 5.69 Å². The zero-order valence-electron chi connectivity index (χ0n) is 9.95. The Morgan fingerprint density at radius 2 is 1.73 bits per heavy atom. The Hall–Kier alpha value is -0.890. The van der Waals surface area contributed by atoms with Crippen molar-refractivity contribution in [2.75, 3.05) is 11.4 Å². The number of thiocarbonyl (C=S) groups is 1. The van der Waals surface area contributed by atoms with E-state index in [1.807, 2.05) is 18.2 Å². The minimum absolute atomic E-state index is 0.0428. The zero-order valence-corrected chi connectivity index (χ0v) is 10.8. The van der Waals surface area contributed by atoms with Crippen molar-refractivity contribution < 1.29 is 0 Å². The van der Waals surface area contributed by atoms with E-state index in [1.54, 1.807) is 0 Å². The number of nitrogens with zero attached hydrogens (tertiary/aromatic N) is 1. The lowest BCUT2D eigenvalue weighted by molar-refractivity contribution is 0.588. The van der Waals surface area contributed by atoms with Gasteiger partial charge in [0, 0.05) is 17.6 Å². The van der Waals surface area contributed by atoms with Gasteiger partial charge in [-0.15, -0.1) is 0 Å². The molecule has 1 nitrogen and oxygen atoms in total. The van der Waals surface area contributed by atoms with E-state index < -0.39 is 0 Å². The Labute approximate surface area is 98.1 Å². The predicted octanol–water partition coefficient (Wildman–Crippen LogP) is 3.89. The van der Waals surface area contributed by atoms with Crippen molar-refractivity contribution in [1.29, 1.82) is 0 Å². The summed E-state index contributed by atoms with van der Waals surface area (Å²) in [5.74, 6) is 0. The van der Waals surface area contributed by atoms with Gasteiger partial charge in [0.1, 0.15) is 0 Å². The predicted molar refractivity (Wildman–Crippen MR) is 71.5 cm³/mol. The van der Waals surface area contributed by atoms with Crippen LogP contribution in [-0.4, -0.2) is 11.5 Å². The molecule has 0 amide bonds. The molecule has 0 N–H and O–H groups in total. The molecule has 0 saturated heterocycles. The molecular weight excluding hydrogens is 202 g/mol. The minimum Gasteiger partial charge on any atom is -0.336 e. The second kappa shape index (κ2) is 4.75. The molecule has 0 heterocycles. The molecule has 0 aliphatic carbocycles. The highest BCUT2D eigenvalue weighted by Gasteiger charge is 2.22. The van der Waals surface area contributed by atoms with Crippen molar-refractivity contribution in [1.82, 2.24) is 0 Å². The molecule has 15 heavy (non-hydrogen) atoms. The number of para-hydroxylation sites is 1. The van der Waals surface area contributed by atoms with Gasteiger partial charge < -0.3 is 4.90 Å². The van der Waals surface area contributed by atoms with Gasteiger partial charge in [-0.1, -0.05) is 51.2 Å². The van der Waals surface area contributed by atoms with Gasteiger partial charge >= 0.3 is 0 Å². The molecule has 1 aromatic carbocycles. The Morgan fingerprint density at radius 1 is 1.20 bits per heavy atom. The number of hydrogen-bond donors (Lipinski definition) is 0. The highest BCUT2D eigenvalue weighted by Crippen LogP contribution is 2.24. The monoisotopic (exact) mass is 221 g/mol. The molecule has 0 atom stereocenters. The van der Waals surface area contributed by atoms with Gasteiger partial charge in [-0.3, -0.25) is 0 Å². The SMILES string of the molecule is CCN(C(=S)C(C)(C)C)c1ccccc1. The van der Waals surface area contributed by atoms with Crippen LogP contribution in [0.15, 0.2) is 30.3 Å². The van der Waals surface area contributed by atoms with Crippen LogP contribution in [-0.2, 0) is 0 Å². The Kier molecular flexibility index (Phi) is 3.86. The van der Waals surface area contributed by atoms with Crippen LogP contribution in [0.1, 0.15) is 27.7 Å². The van der Waals surface area contributed by atoms with Crippen molar-refractivity contribution in [2.24, 2.45) is 5.41 Å². The molecule has 0 saturated carbocycles. The first kappa shape index (κ1) is 12.2. The van der Waals surface area contributed by atoms with Crippen LogP contribution in [0, 0.1) is 5.41 Å². The van der Waals surface area contributed by atoms with Crippen LogP contribution in [0.2, 0.25) is 0 Å². The van der Waals surface area contributed by atoms with E-state index >= 15 is 0 Å². The maximum absolute atomic E-state index is 5.52. The fourth-order valence-corrected chi connectivity index (χ4v) is 1.69. The van der Waals surface area contributed by atoms with Crippen LogP contribution < -0.4 is 4.90 Å². The molecule has 82 valence electrons. The summed E-state index contributed by atoms with van der Waals surface area (Å²) in [5, 5.41) is 0. The van der Waals surface area contributed by atoms with Crippen LogP contribution >= 0.6 is 12.2 Å². The molecule has 0 aromatic heterocycles. The standard InChI is InChI=1S/C13H19NS/c1-5-14(12(15)13(2,3)4)11-9-7-6-8-10-11/h6-10H,5H2,1-4H3. The number of benzene rings is 1. The molecule has 0 unspecified atom stereocenters. The summed E-state index contributed by atoms with van der Waals surface area (Å²) in [6, 6.07) is 10.3. The van der Waals surface area contributed by atoms with Crippen LogP contribution in [0.4, 0.5) is 5.69 Å². The second-order valence-electron chi connectivity index (χ2n) is 4.63. The molecule has 0 fully saturated rings. The Morgan fingerprint density at radius 3 is 2.13 bits per heavy atom. The van der Waals surface area contributed by atoms with Gasteiger partial charge in [0.15, 0.2) is 0 Å². The summed E-state index contributed by atoms with van der Waals surface area (Å²) in [6.45, 7) is 9.51. The molecule has 0 aliphatic rings. The minimum atomic E-state index is 0.0428. The quantitative estimate of drug-likeness (QED) is 0.697. The molecule has 0 aliphatic heterocycles. The molecule has 2 heteroatoms. The Balaban J connectivity index is 2.96. The van der Waals surface area contributed by atoms with Crippen LogP contribution in [0.3, 0.4) is 0 Å². The third-order valence-corrected chi connectivity index (χ3v) is 3.10. The second-order valence-corrected chi connectivity index (χ2v) is 5.02. The molecule has 1 aromatic rings. The largest absolute Gasteiger partial charge is 0.336 e. The normalized spacial score (nSPS) is 11.2. The summed E-state index contributed by atoms with van der Waals surface area (Å²) >= 11 is 5.52. The maximum Gasteiger partial charge on any atom is 0.0877 e. The molecule has 1 rings (SSSR count). The van der Waals surface area contributed by atoms with E-state index in [-0.39, 0.29) is 5.41 Å². The van der Waals surface area contributed by atoms with E-state index in [2.05, 4.69) is 44.7 Å². The Bertz CT molecular complexity index is 324. The number of rotatable bonds is 2. The highest BCUT2D eigenvalue weighted by atomic mass is 32.1. The summed E-state index contributed by atoms with van der Waals surface area (Å²) in [4.78, 5) is 3.19. The van der Waals surface area contributed by atoms with Crippen LogP contribution in [0.5, 0.6) is 0 Å². The first-order valence-electron chi connectivity index (χ1n) is 5.34. The van der Waals surface area contributed by atoms with Gasteiger partial charge in [-0.2, -0.15) is 0 Å². The van der Waals surface area contributed by atoms with E-state index in [0.717, 1.165) is 11.5 Å². The average molecular weight is 221 g/mol. The lowest BCUT2D eigenvalue weighted by Crippen LogP contribution is -2.37. The van der Waals surface area contributed by atoms with E-state index in [4.69, 9.17) is 12.2 Å². The van der Waals surface area contributed by atoms with Crippen molar-refractivity contribution in [3.8, 4) is 0 Å². The zero-order chi connectivity index (χ0) is 11.5. The van der Waals surface area contributed by atoms with Gasteiger partial charge in [-0.25, -0.2) is 0 Å². The van der Waals surface area contributed by atoms with Crippen molar-refractivity contribution in [2.45, 2.75) is 27.7 Å². The van der Waals surface area contributed by atoms with Crippen molar-refractivity contribution >= 4 is 22.9 Å².